The summed E-state index contributed by atoms with van der Waals surface area (Å²) in [5.74, 6) is 0.251. The lowest BCUT2D eigenvalue weighted by Crippen LogP contribution is -2.13. The molecule has 0 saturated carbocycles. The molecule has 0 atom stereocenters. The van der Waals surface area contributed by atoms with Crippen LogP contribution in [-0.4, -0.2) is 25.5 Å². The number of nitrogens with zero attached hydrogens (tertiary/aromatic N) is 4. The molecule has 1 N–H and O–H groups in total. The molecule has 3 aromatic carbocycles. The molecular formula is C27H25N5O6. The summed E-state index contributed by atoms with van der Waals surface area (Å²) in [6.45, 7) is 7.26. The number of ether oxygens (including phenoxy) is 1. The second kappa shape index (κ2) is 10.5. The van der Waals surface area contributed by atoms with E-state index >= 15 is 0 Å². The smallest absolute Gasteiger partial charge is 0.312 e. The number of carbonyl (C=O) groups is 1. The minimum atomic E-state index is -0.557. The first-order valence-corrected chi connectivity index (χ1v) is 11.6. The number of non-ortho nitro benzene ring substituents is 1. The molecule has 11 nitrogen and oxygen atoms in total. The van der Waals surface area contributed by atoms with Gasteiger partial charge in [0.1, 0.15) is 22.9 Å². The molecule has 1 amide bonds. The summed E-state index contributed by atoms with van der Waals surface area (Å²) in [7, 11) is 0. The van der Waals surface area contributed by atoms with Crippen molar-refractivity contribution in [2.75, 3.05) is 5.32 Å². The van der Waals surface area contributed by atoms with Gasteiger partial charge in [-0.1, -0.05) is 18.2 Å². The number of nitrogens with one attached hydrogen (secondary N) is 1. The Morgan fingerprint density at radius 2 is 1.61 bits per heavy atom. The molecule has 4 rings (SSSR count). The summed E-state index contributed by atoms with van der Waals surface area (Å²) in [5, 5.41) is 29.8. The third-order valence-corrected chi connectivity index (χ3v) is 5.84. The summed E-state index contributed by atoms with van der Waals surface area (Å²) in [6, 6.07) is 16.4. The second-order valence-corrected chi connectivity index (χ2v) is 8.99. The zero-order valence-electron chi connectivity index (χ0n) is 21.2. The SMILES string of the molecule is Cc1cc(C)cc(Oc2cc(NC(=O)c3cccc(Cn4nc(C)c([N+](=O)[O-])c4C)c3)cc([N+](=O)[O-])c2)c1. The number of anilines is 1. The van der Waals surface area contributed by atoms with E-state index in [-0.39, 0.29) is 29.4 Å². The van der Waals surface area contributed by atoms with E-state index in [0.29, 0.717) is 28.3 Å². The van der Waals surface area contributed by atoms with Gasteiger partial charge in [0.05, 0.1) is 28.1 Å². The highest BCUT2D eigenvalue weighted by Gasteiger charge is 2.22. The van der Waals surface area contributed by atoms with Crippen LogP contribution < -0.4 is 10.1 Å². The third-order valence-electron chi connectivity index (χ3n) is 5.84. The zero-order chi connectivity index (χ0) is 27.6. The number of nitro benzene ring substituents is 1. The first-order valence-electron chi connectivity index (χ1n) is 11.6. The second-order valence-electron chi connectivity index (χ2n) is 8.99. The monoisotopic (exact) mass is 515 g/mol. The van der Waals surface area contributed by atoms with E-state index in [1.807, 2.05) is 32.0 Å². The fourth-order valence-corrected chi connectivity index (χ4v) is 4.24. The molecule has 4 aromatic rings. The van der Waals surface area contributed by atoms with Gasteiger partial charge in [0.2, 0.25) is 0 Å². The molecule has 0 aliphatic rings. The normalized spacial score (nSPS) is 10.7. The fraction of sp³-hybridized carbons (Fsp3) is 0.185. The number of carbonyl (C=O) groups excluding carboxylic acids is 1. The Labute approximate surface area is 218 Å². The van der Waals surface area contributed by atoms with E-state index in [9.17, 15) is 25.0 Å². The number of benzene rings is 3. The number of hydrogen-bond acceptors (Lipinski definition) is 7. The van der Waals surface area contributed by atoms with Crippen LogP contribution in [0.3, 0.4) is 0 Å². The number of aromatic nitrogens is 2. The van der Waals surface area contributed by atoms with Crippen molar-refractivity contribution in [2.45, 2.75) is 34.2 Å². The van der Waals surface area contributed by atoms with Gasteiger partial charge in [-0.2, -0.15) is 5.10 Å². The number of nitro groups is 2. The van der Waals surface area contributed by atoms with Crippen LogP contribution in [0.25, 0.3) is 0 Å². The summed E-state index contributed by atoms with van der Waals surface area (Å²) >= 11 is 0. The summed E-state index contributed by atoms with van der Waals surface area (Å²) < 4.78 is 7.39. The van der Waals surface area contributed by atoms with Gasteiger partial charge in [0.25, 0.3) is 11.6 Å². The number of rotatable bonds is 8. The lowest BCUT2D eigenvalue weighted by Gasteiger charge is -2.11. The van der Waals surface area contributed by atoms with Gasteiger partial charge in [0.15, 0.2) is 0 Å². The standard InChI is InChI=1S/C27H25N5O6/c1-16-8-17(2)10-24(9-16)38-25-13-22(12-23(14-25)31(34)35)28-27(33)21-7-5-6-20(11-21)15-30-19(4)26(32(36)37)18(3)29-30/h5-14H,15H2,1-4H3,(H,28,33). The maximum atomic E-state index is 13.0. The largest absolute Gasteiger partial charge is 0.457 e. The molecule has 38 heavy (non-hydrogen) atoms. The number of aryl methyl sites for hydroxylation is 3. The molecule has 11 heteroatoms. The molecule has 1 aromatic heterocycles. The minimum absolute atomic E-state index is 0.0385. The first kappa shape index (κ1) is 26.0. The molecule has 0 aliphatic heterocycles. The van der Waals surface area contributed by atoms with Gasteiger partial charge in [-0.25, -0.2) is 0 Å². The van der Waals surface area contributed by atoms with Crippen molar-refractivity contribution >= 4 is 23.0 Å². The van der Waals surface area contributed by atoms with Crippen LogP contribution in [-0.2, 0) is 6.54 Å². The Bertz CT molecular complexity index is 1560. The lowest BCUT2D eigenvalue weighted by molar-refractivity contribution is -0.386. The van der Waals surface area contributed by atoms with E-state index < -0.39 is 15.8 Å². The highest BCUT2D eigenvalue weighted by Crippen LogP contribution is 2.31. The molecule has 0 bridgehead atoms. The van der Waals surface area contributed by atoms with Crippen molar-refractivity contribution in [3.05, 3.63) is 115 Å². The molecule has 0 saturated heterocycles. The van der Waals surface area contributed by atoms with Gasteiger partial charge >= 0.3 is 5.69 Å². The van der Waals surface area contributed by atoms with E-state index in [0.717, 1.165) is 11.1 Å². The highest BCUT2D eigenvalue weighted by atomic mass is 16.6. The quantitative estimate of drug-likeness (QED) is 0.223. The van der Waals surface area contributed by atoms with E-state index in [4.69, 9.17) is 4.74 Å². The van der Waals surface area contributed by atoms with Crippen molar-refractivity contribution in [3.63, 3.8) is 0 Å². The predicted octanol–water partition coefficient (Wildman–Crippen LogP) is 6.03. The van der Waals surface area contributed by atoms with Crippen molar-refractivity contribution in [2.24, 2.45) is 0 Å². The molecule has 0 fully saturated rings. The van der Waals surface area contributed by atoms with Crippen molar-refractivity contribution in [3.8, 4) is 11.5 Å². The van der Waals surface area contributed by atoms with Gasteiger partial charge in [-0.05, 0) is 68.7 Å². The molecular weight excluding hydrogens is 490 g/mol. The Morgan fingerprint density at radius 3 is 2.24 bits per heavy atom. The summed E-state index contributed by atoms with van der Waals surface area (Å²) in [4.78, 5) is 34.8. The van der Waals surface area contributed by atoms with Crippen LogP contribution in [0.4, 0.5) is 17.1 Å². The summed E-state index contributed by atoms with van der Waals surface area (Å²) in [5.41, 5.74) is 3.62. The van der Waals surface area contributed by atoms with Gasteiger partial charge in [-0.3, -0.25) is 29.7 Å². The molecule has 0 spiro atoms. The average molecular weight is 516 g/mol. The van der Waals surface area contributed by atoms with E-state index in [2.05, 4.69) is 10.4 Å². The maximum absolute atomic E-state index is 13.0. The van der Waals surface area contributed by atoms with Crippen LogP contribution in [0, 0.1) is 47.9 Å². The molecule has 0 aliphatic carbocycles. The van der Waals surface area contributed by atoms with Crippen LogP contribution in [0.15, 0.2) is 60.7 Å². The highest BCUT2D eigenvalue weighted by molar-refractivity contribution is 6.04. The van der Waals surface area contributed by atoms with E-state index in [1.54, 1.807) is 38.1 Å². The van der Waals surface area contributed by atoms with Crippen molar-refractivity contribution in [1.82, 2.24) is 9.78 Å². The van der Waals surface area contributed by atoms with Gasteiger partial charge < -0.3 is 10.1 Å². The minimum Gasteiger partial charge on any atom is -0.457 e. The van der Waals surface area contributed by atoms with Gasteiger partial charge in [0, 0.05) is 17.7 Å². The fourth-order valence-electron chi connectivity index (χ4n) is 4.24. The Kier molecular flexibility index (Phi) is 7.19. The third kappa shape index (κ3) is 5.84. The predicted molar refractivity (Wildman–Crippen MR) is 141 cm³/mol. The molecule has 0 radical (unpaired) electrons. The number of amides is 1. The Hall–Kier alpha value is -5.06. The van der Waals surface area contributed by atoms with Crippen LogP contribution in [0.1, 0.15) is 38.4 Å². The average Bonchev–Trinajstić information content (AvgIpc) is 3.11. The van der Waals surface area contributed by atoms with Crippen LogP contribution >= 0.6 is 0 Å². The van der Waals surface area contributed by atoms with Gasteiger partial charge in [-0.15, -0.1) is 0 Å². The topological polar surface area (TPSA) is 142 Å². The lowest BCUT2D eigenvalue weighted by atomic mass is 10.1. The zero-order valence-corrected chi connectivity index (χ0v) is 21.2. The molecule has 1 heterocycles. The Balaban J connectivity index is 1.57. The van der Waals surface area contributed by atoms with Crippen molar-refractivity contribution < 1.29 is 19.4 Å². The number of hydrogen-bond donors (Lipinski definition) is 1. The van der Waals surface area contributed by atoms with E-state index in [1.165, 1.54) is 22.9 Å². The Morgan fingerprint density at radius 1 is 0.921 bits per heavy atom. The van der Waals surface area contributed by atoms with Crippen molar-refractivity contribution in [1.29, 1.82) is 0 Å². The molecule has 0 unspecified atom stereocenters. The summed E-state index contributed by atoms with van der Waals surface area (Å²) in [6.07, 6.45) is 0. The van der Waals surface area contributed by atoms with Crippen LogP contribution in [0.2, 0.25) is 0 Å². The van der Waals surface area contributed by atoms with Crippen LogP contribution in [0.5, 0.6) is 11.5 Å². The first-order chi connectivity index (χ1) is 18.0. The maximum Gasteiger partial charge on any atom is 0.312 e. The molecule has 194 valence electrons.